The van der Waals surface area contributed by atoms with E-state index >= 15 is 0 Å². The molecule has 0 spiro atoms. The van der Waals surface area contributed by atoms with Crippen molar-refractivity contribution >= 4 is 5.97 Å². The highest BCUT2D eigenvalue weighted by Gasteiger charge is 2.24. The summed E-state index contributed by atoms with van der Waals surface area (Å²) in [5.74, 6) is -0.0294. The van der Waals surface area contributed by atoms with Crippen molar-refractivity contribution in [2.45, 2.75) is 64.4 Å². The molecule has 1 aliphatic carbocycles. The number of benzene rings is 1. The van der Waals surface area contributed by atoms with Gasteiger partial charge in [0.1, 0.15) is 6.10 Å². The molecule has 0 amide bonds. The Kier molecular flexibility index (Phi) is 5.44. The predicted molar refractivity (Wildman–Crippen MR) is 77.0 cm³/mol. The first-order valence-corrected chi connectivity index (χ1v) is 7.58. The molecule has 0 bridgehead atoms. The number of esters is 1. The molecule has 0 fully saturated rings. The Hall–Kier alpha value is -1.31. The van der Waals surface area contributed by atoms with Crippen LogP contribution in [0.1, 0.15) is 69.1 Å². The molecule has 0 heterocycles. The van der Waals surface area contributed by atoms with Crippen LogP contribution in [0.2, 0.25) is 0 Å². The van der Waals surface area contributed by atoms with Crippen molar-refractivity contribution in [3.8, 4) is 0 Å². The Balaban J connectivity index is 1.72. The summed E-state index contributed by atoms with van der Waals surface area (Å²) in [5, 5.41) is 0. The third-order valence-electron chi connectivity index (χ3n) is 3.84. The quantitative estimate of drug-likeness (QED) is 0.530. The van der Waals surface area contributed by atoms with E-state index in [1.54, 1.807) is 0 Å². The Morgan fingerprint density at radius 2 is 2.00 bits per heavy atom. The normalized spacial score (nSPS) is 17.2. The number of aryl methyl sites for hydroxylation is 1. The van der Waals surface area contributed by atoms with E-state index in [1.165, 1.54) is 30.4 Å². The summed E-state index contributed by atoms with van der Waals surface area (Å²) < 4.78 is 5.61. The third-order valence-corrected chi connectivity index (χ3v) is 3.84. The molecule has 2 rings (SSSR count). The van der Waals surface area contributed by atoms with E-state index < -0.39 is 0 Å². The first-order valence-electron chi connectivity index (χ1n) is 7.58. The number of fused-ring (bicyclic) bond motifs is 1. The summed E-state index contributed by atoms with van der Waals surface area (Å²) in [4.78, 5) is 11.8. The molecule has 0 N–H and O–H groups in total. The van der Waals surface area contributed by atoms with Gasteiger partial charge in [0.25, 0.3) is 0 Å². The van der Waals surface area contributed by atoms with Gasteiger partial charge in [-0.15, -0.1) is 0 Å². The molecule has 104 valence electrons. The van der Waals surface area contributed by atoms with Crippen molar-refractivity contribution in [3.63, 3.8) is 0 Å². The summed E-state index contributed by atoms with van der Waals surface area (Å²) in [7, 11) is 0. The maximum absolute atomic E-state index is 11.8. The topological polar surface area (TPSA) is 26.3 Å². The highest BCUT2D eigenvalue weighted by molar-refractivity contribution is 5.69. The Morgan fingerprint density at radius 1 is 1.21 bits per heavy atom. The molecule has 0 radical (unpaired) electrons. The molecule has 19 heavy (non-hydrogen) atoms. The van der Waals surface area contributed by atoms with E-state index in [9.17, 15) is 4.79 Å². The Morgan fingerprint density at radius 3 is 2.84 bits per heavy atom. The smallest absolute Gasteiger partial charge is 0.306 e. The van der Waals surface area contributed by atoms with Crippen molar-refractivity contribution < 1.29 is 9.53 Å². The van der Waals surface area contributed by atoms with Gasteiger partial charge in [-0.1, -0.05) is 56.9 Å². The van der Waals surface area contributed by atoms with Gasteiger partial charge in [-0.05, 0) is 30.4 Å². The maximum atomic E-state index is 11.8. The number of rotatable bonds is 7. The van der Waals surface area contributed by atoms with Gasteiger partial charge in [0.2, 0.25) is 0 Å². The van der Waals surface area contributed by atoms with Gasteiger partial charge in [0, 0.05) is 6.42 Å². The fraction of sp³-hybridized carbons (Fsp3) is 0.588. The minimum atomic E-state index is -0.0294. The lowest BCUT2D eigenvalue weighted by atomic mass is 10.1. The lowest BCUT2D eigenvalue weighted by Gasteiger charge is -2.13. The highest BCUT2D eigenvalue weighted by Crippen LogP contribution is 2.33. The fourth-order valence-corrected chi connectivity index (χ4v) is 2.73. The molecule has 0 aliphatic heterocycles. The van der Waals surface area contributed by atoms with Crippen molar-refractivity contribution in [2.24, 2.45) is 0 Å². The van der Waals surface area contributed by atoms with Gasteiger partial charge in [-0.2, -0.15) is 0 Å². The largest absolute Gasteiger partial charge is 0.457 e. The second-order valence-electron chi connectivity index (χ2n) is 5.38. The van der Waals surface area contributed by atoms with Crippen LogP contribution in [0, 0.1) is 0 Å². The first kappa shape index (κ1) is 14.1. The van der Waals surface area contributed by atoms with Crippen LogP contribution in [0.25, 0.3) is 0 Å². The van der Waals surface area contributed by atoms with Crippen LogP contribution in [0.15, 0.2) is 24.3 Å². The van der Waals surface area contributed by atoms with Crippen LogP contribution >= 0.6 is 0 Å². The second-order valence-corrected chi connectivity index (χ2v) is 5.38. The van der Waals surface area contributed by atoms with Gasteiger partial charge < -0.3 is 4.74 Å². The molecule has 0 saturated heterocycles. The first-order chi connectivity index (χ1) is 9.31. The van der Waals surface area contributed by atoms with E-state index in [-0.39, 0.29) is 12.1 Å². The van der Waals surface area contributed by atoms with Crippen LogP contribution in [-0.4, -0.2) is 5.97 Å². The SMILES string of the molecule is CCCCCCCC(=O)O[C@@H]1CCc2ccccc21. The molecule has 1 aliphatic rings. The number of carbonyl (C=O) groups is 1. The maximum Gasteiger partial charge on any atom is 0.306 e. The lowest BCUT2D eigenvalue weighted by molar-refractivity contribution is -0.149. The summed E-state index contributed by atoms with van der Waals surface area (Å²) >= 11 is 0. The number of carbonyl (C=O) groups excluding carboxylic acids is 1. The van der Waals surface area contributed by atoms with Gasteiger partial charge in [-0.25, -0.2) is 0 Å². The molecule has 2 nitrogen and oxygen atoms in total. The van der Waals surface area contributed by atoms with Crippen molar-refractivity contribution in [1.82, 2.24) is 0 Å². The highest BCUT2D eigenvalue weighted by atomic mass is 16.5. The number of unbranched alkanes of at least 4 members (excludes halogenated alkanes) is 4. The number of hydrogen-bond donors (Lipinski definition) is 0. The molecule has 1 aromatic rings. The zero-order chi connectivity index (χ0) is 13.5. The van der Waals surface area contributed by atoms with Crippen LogP contribution in [-0.2, 0) is 16.0 Å². The minimum Gasteiger partial charge on any atom is -0.457 e. The van der Waals surface area contributed by atoms with E-state index in [1.807, 2.05) is 6.07 Å². The zero-order valence-electron chi connectivity index (χ0n) is 11.9. The molecular formula is C17H24O2. The Labute approximate surface area is 116 Å². The molecule has 2 heteroatoms. The zero-order valence-corrected chi connectivity index (χ0v) is 11.9. The summed E-state index contributed by atoms with van der Waals surface area (Å²) in [6.07, 6.45) is 8.40. The molecule has 0 unspecified atom stereocenters. The van der Waals surface area contributed by atoms with Gasteiger partial charge in [0.15, 0.2) is 0 Å². The second kappa shape index (κ2) is 7.32. The minimum absolute atomic E-state index is 0.000609. The van der Waals surface area contributed by atoms with Crippen molar-refractivity contribution in [3.05, 3.63) is 35.4 Å². The predicted octanol–water partition coefficient (Wildman–Crippen LogP) is 4.58. The average molecular weight is 260 g/mol. The summed E-state index contributed by atoms with van der Waals surface area (Å²) in [5.41, 5.74) is 2.55. The van der Waals surface area contributed by atoms with Crippen LogP contribution in [0.4, 0.5) is 0 Å². The van der Waals surface area contributed by atoms with E-state index in [0.29, 0.717) is 6.42 Å². The van der Waals surface area contributed by atoms with Crippen molar-refractivity contribution in [2.75, 3.05) is 0 Å². The molecule has 0 saturated carbocycles. The molecule has 1 aromatic carbocycles. The van der Waals surface area contributed by atoms with E-state index in [4.69, 9.17) is 4.74 Å². The van der Waals surface area contributed by atoms with Gasteiger partial charge >= 0.3 is 5.97 Å². The third kappa shape index (κ3) is 4.09. The number of hydrogen-bond acceptors (Lipinski definition) is 2. The Bertz CT molecular complexity index is 411. The van der Waals surface area contributed by atoms with Crippen LogP contribution in [0.3, 0.4) is 0 Å². The summed E-state index contributed by atoms with van der Waals surface area (Å²) in [6.45, 7) is 2.20. The fourth-order valence-electron chi connectivity index (χ4n) is 2.73. The molecule has 0 aromatic heterocycles. The van der Waals surface area contributed by atoms with Crippen LogP contribution < -0.4 is 0 Å². The van der Waals surface area contributed by atoms with Crippen LogP contribution in [0.5, 0.6) is 0 Å². The lowest BCUT2D eigenvalue weighted by Crippen LogP contribution is -2.08. The molecule has 1 atom stereocenters. The van der Waals surface area contributed by atoms with Crippen molar-refractivity contribution in [1.29, 1.82) is 0 Å². The van der Waals surface area contributed by atoms with E-state index in [2.05, 4.69) is 25.1 Å². The summed E-state index contributed by atoms with van der Waals surface area (Å²) in [6, 6.07) is 8.29. The monoisotopic (exact) mass is 260 g/mol. The van der Waals surface area contributed by atoms with Gasteiger partial charge in [-0.3, -0.25) is 4.79 Å². The van der Waals surface area contributed by atoms with E-state index in [0.717, 1.165) is 25.7 Å². The number of ether oxygens (including phenoxy) is 1. The standard InChI is InChI=1S/C17H24O2/c1-2-3-4-5-6-11-17(18)19-16-13-12-14-9-7-8-10-15(14)16/h7-10,16H,2-6,11-13H2,1H3/t16-/m1/s1. The average Bonchev–Trinajstić information content (AvgIpc) is 2.82. The molecular weight excluding hydrogens is 236 g/mol. The van der Waals surface area contributed by atoms with Gasteiger partial charge in [0.05, 0.1) is 0 Å².